The lowest BCUT2D eigenvalue weighted by Crippen LogP contribution is -2.37. The summed E-state index contributed by atoms with van der Waals surface area (Å²) in [6, 6.07) is 20.6. The van der Waals surface area contributed by atoms with Gasteiger partial charge in [-0.05, 0) is 42.8 Å². The van der Waals surface area contributed by atoms with Crippen molar-refractivity contribution in [1.29, 1.82) is 0 Å². The van der Waals surface area contributed by atoms with E-state index in [0.29, 0.717) is 36.0 Å². The van der Waals surface area contributed by atoms with Crippen molar-refractivity contribution in [2.45, 2.75) is 32.5 Å². The van der Waals surface area contributed by atoms with Crippen LogP contribution in [0.15, 0.2) is 66.7 Å². The van der Waals surface area contributed by atoms with Crippen molar-refractivity contribution in [2.24, 2.45) is 0 Å². The number of amides is 2. The van der Waals surface area contributed by atoms with Gasteiger partial charge in [-0.2, -0.15) is 0 Å². The normalized spacial score (nSPS) is 15.1. The zero-order valence-electron chi connectivity index (χ0n) is 19.5. The third-order valence-corrected chi connectivity index (χ3v) is 5.73. The van der Waals surface area contributed by atoms with E-state index in [-0.39, 0.29) is 18.2 Å². The average molecular weight is 461 g/mol. The fraction of sp³-hybridized carbons (Fsp3) is 0.259. The predicted octanol–water partition coefficient (Wildman–Crippen LogP) is 4.19. The Labute approximate surface area is 199 Å². The molecular weight excluding hydrogens is 432 g/mol. The molecule has 0 spiro atoms. The quantitative estimate of drug-likeness (QED) is 0.572. The van der Waals surface area contributed by atoms with Gasteiger partial charge in [0.05, 0.1) is 20.6 Å². The third kappa shape index (κ3) is 5.31. The number of carbonyl (C=O) groups excluding carboxylic acids is 2. The van der Waals surface area contributed by atoms with Gasteiger partial charge < -0.3 is 24.4 Å². The number of nitrogens with one attached hydrogen (secondary N) is 1. The minimum absolute atomic E-state index is 0.107. The fourth-order valence-electron chi connectivity index (χ4n) is 3.99. The van der Waals surface area contributed by atoms with Crippen LogP contribution in [-0.2, 0) is 29.1 Å². The Morgan fingerprint density at radius 2 is 1.85 bits per heavy atom. The molecule has 34 heavy (non-hydrogen) atoms. The Kier molecular flexibility index (Phi) is 7.01. The van der Waals surface area contributed by atoms with E-state index in [1.165, 1.54) is 0 Å². The third-order valence-electron chi connectivity index (χ3n) is 5.73. The number of methoxy groups -OCH3 is 2. The van der Waals surface area contributed by atoms with Crippen molar-refractivity contribution in [2.75, 3.05) is 19.5 Å². The van der Waals surface area contributed by atoms with E-state index in [0.717, 1.165) is 16.7 Å². The molecule has 0 radical (unpaired) electrons. The summed E-state index contributed by atoms with van der Waals surface area (Å²) in [6.45, 7) is 2.44. The van der Waals surface area contributed by atoms with E-state index in [1.807, 2.05) is 48.5 Å². The van der Waals surface area contributed by atoms with Gasteiger partial charge in [-0.1, -0.05) is 30.3 Å². The Morgan fingerprint density at radius 3 is 2.59 bits per heavy atom. The lowest BCUT2D eigenvalue weighted by atomic mass is 10.1. The number of hydrogen-bond acceptors (Lipinski definition) is 5. The number of nitrogens with zero attached hydrogens (tertiary/aromatic N) is 1. The molecule has 1 aliphatic rings. The highest BCUT2D eigenvalue weighted by Gasteiger charge is 2.29. The van der Waals surface area contributed by atoms with Crippen molar-refractivity contribution in [1.82, 2.24) is 4.90 Å². The summed E-state index contributed by atoms with van der Waals surface area (Å²) < 4.78 is 16.7. The van der Waals surface area contributed by atoms with E-state index in [1.54, 1.807) is 44.2 Å². The highest BCUT2D eigenvalue weighted by molar-refractivity contribution is 5.92. The van der Waals surface area contributed by atoms with E-state index in [2.05, 4.69) is 5.32 Å². The number of carbonyl (C=O) groups is 2. The number of benzene rings is 3. The van der Waals surface area contributed by atoms with Gasteiger partial charge in [-0.15, -0.1) is 0 Å². The first-order valence-electron chi connectivity index (χ1n) is 11.1. The van der Waals surface area contributed by atoms with Crippen LogP contribution in [0.1, 0.15) is 23.6 Å². The van der Waals surface area contributed by atoms with Gasteiger partial charge in [-0.25, -0.2) is 0 Å². The first-order chi connectivity index (χ1) is 16.5. The van der Waals surface area contributed by atoms with Crippen LogP contribution in [0.4, 0.5) is 5.69 Å². The van der Waals surface area contributed by atoms with E-state index >= 15 is 0 Å². The SMILES string of the molecule is COc1ccc(CN2Cc3cc(NC(=O)Cc4ccccc4)ccc3OC(C)C2=O)c(OC)c1. The van der Waals surface area contributed by atoms with Crippen molar-refractivity contribution >= 4 is 17.5 Å². The number of hydrogen-bond donors (Lipinski definition) is 1. The smallest absolute Gasteiger partial charge is 0.263 e. The van der Waals surface area contributed by atoms with Gasteiger partial charge in [0.15, 0.2) is 6.10 Å². The summed E-state index contributed by atoms with van der Waals surface area (Å²) in [7, 11) is 3.19. The van der Waals surface area contributed by atoms with Gasteiger partial charge in [0.25, 0.3) is 5.91 Å². The maximum atomic E-state index is 13.1. The monoisotopic (exact) mass is 460 g/mol. The molecule has 0 fully saturated rings. The summed E-state index contributed by atoms with van der Waals surface area (Å²) in [5, 5.41) is 2.95. The average Bonchev–Trinajstić information content (AvgIpc) is 2.96. The molecule has 3 aromatic rings. The largest absolute Gasteiger partial charge is 0.497 e. The van der Waals surface area contributed by atoms with Crippen LogP contribution in [0.25, 0.3) is 0 Å². The molecule has 3 aromatic carbocycles. The molecule has 0 aliphatic carbocycles. The first kappa shape index (κ1) is 23.2. The van der Waals surface area contributed by atoms with Crippen molar-refractivity contribution in [3.63, 3.8) is 0 Å². The van der Waals surface area contributed by atoms with E-state index in [9.17, 15) is 9.59 Å². The highest BCUT2D eigenvalue weighted by Crippen LogP contribution is 2.31. The van der Waals surface area contributed by atoms with E-state index in [4.69, 9.17) is 14.2 Å². The lowest BCUT2D eigenvalue weighted by Gasteiger charge is -2.23. The summed E-state index contributed by atoms with van der Waals surface area (Å²) in [5.74, 6) is 1.73. The molecule has 1 unspecified atom stereocenters. The molecule has 0 saturated heterocycles. The molecule has 0 bridgehead atoms. The lowest BCUT2D eigenvalue weighted by molar-refractivity contribution is -0.138. The fourth-order valence-corrected chi connectivity index (χ4v) is 3.99. The molecule has 0 saturated carbocycles. The van der Waals surface area contributed by atoms with Crippen LogP contribution < -0.4 is 19.5 Å². The Bertz CT molecular complexity index is 1180. The summed E-state index contributed by atoms with van der Waals surface area (Å²) in [6.07, 6.45) is -0.350. The van der Waals surface area contributed by atoms with Gasteiger partial charge >= 0.3 is 0 Å². The molecule has 1 N–H and O–H groups in total. The molecule has 1 heterocycles. The second-order valence-electron chi connectivity index (χ2n) is 8.17. The predicted molar refractivity (Wildman–Crippen MR) is 129 cm³/mol. The van der Waals surface area contributed by atoms with Crippen LogP contribution in [0, 0.1) is 0 Å². The Hall–Kier alpha value is -4.00. The second-order valence-corrected chi connectivity index (χ2v) is 8.17. The van der Waals surface area contributed by atoms with Crippen LogP contribution in [0.5, 0.6) is 17.2 Å². The molecule has 4 rings (SSSR count). The molecule has 7 heteroatoms. The minimum Gasteiger partial charge on any atom is -0.497 e. The highest BCUT2D eigenvalue weighted by atomic mass is 16.5. The van der Waals surface area contributed by atoms with Crippen LogP contribution in [0.2, 0.25) is 0 Å². The summed E-state index contributed by atoms with van der Waals surface area (Å²) >= 11 is 0. The molecule has 1 aliphatic heterocycles. The van der Waals surface area contributed by atoms with Gasteiger partial charge in [0, 0.05) is 36.0 Å². The molecule has 7 nitrogen and oxygen atoms in total. The van der Waals surface area contributed by atoms with Gasteiger partial charge in [-0.3, -0.25) is 9.59 Å². The Morgan fingerprint density at radius 1 is 1.06 bits per heavy atom. The van der Waals surface area contributed by atoms with E-state index < -0.39 is 6.10 Å². The first-order valence-corrected chi connectivity index (χ1v) is 11.1. The summed E-state index contributed by atoms with van der Waals surface area (Å²) in [5.41, 5.74) is 3.28. The molecule has 176 valence electrons. The number of ether oxygens (including phenoxy) is 3. The maximum absolute atomic E-state index is 13.1. The molecule has 2 amide bonds. The maximum Gasteiger partial charge on any atom is 0.263 e. The van der Waals surface area contributed by atoms with Crippen LogP contribution in [-0.4, -0.2) is 37.0 Å². The topological polar surface area (TPSA) is 77.1 Å². The second kappa shape index (κ2) is 10.3. The summed E-state index contributed by atoms with van der Waals surface area (Å²) in [4.78, 5) is 27.3. The number of rotatable bonds is 7. The minimum atomic E-state index is -0.635. The molecular formula is C27H28N2O5. The van der Waals surface area contributed by atoms with Crippen LogP contribution in [0.3, 0.4) is 0 Å². The van der Waals surface area contributed by atoms with Gasteiger partial charge in [0.2, 0.25) is 5.91 Å². The molecule has 1 atom stereocenters. The van der Waals surface area contributed by atoms with Crippen molar-refractivity contribution in [3.8, 4) is 17.2 Å². The van der Waals surface area contributed by atoms with Crippen molar-refractivity contribution < 1.29 is 23.8 Å². The zero-order valence-corrected chi connectivity index (χ0v) is 19.5. The van der Waals surface area contributed by atoms with Crippen LogP contribution >= 0.6 is 0 Å². The zero-order chi connectivity index (χ0) is 24.1. The number of fused-ring (bicyclic) bond motifs is 1. The standard InChI is InChI=1S/C27H28N2O5/c1-18-27(31)29(16-20-9-11-23(32-2)15-25(20)33-3)17-21-14-22(10-12-24(21)34-18)28-26(30)13-19-7-5-4-6-8-19/h4-12,14-15,18H,13,16-17H2,1-3H3,(H,28,30). The molecule has 0 aromatic heterocycles. The Balaban J connectivity index is 1.54. The van der Waals surface area contributed by atoms with Gasteiger partial charge in [0.1, 0.15) is 17.2 Å². The number of anilines is 1. The van der Waals surface area contributed by atoms with Crippen molar-refractivity contribution in [3.05, 3.63) is 83.4 Å².